The summed E-state index contributed by atoms with van der Waals surface area (Å²) in [6.07, 6.45) is 0. The first-order valence-electron chi connectivity index (χ1n) is 6.82. The number of nitrogens with two attached hydrogens (primary N) is 1. The van der Waals surface area contributed by atoms with Gasteiger partial charge in [0, 0.05) is 30.7 Å². The van der Waals surface area contributed by atoms with E-state index in [1.54, 1.807) is 6.92 Å². The van der Waals surface area contributed by atoms with Gasteiger partial charge in [-0.05, 0) is 19.1 Å². The maximum Gasteiger partial charge on any atom is 0.246 e. The molecule has 1 atom stereocenters. The first-order chi connectivity index (χ1) is 10.6. The van der Waals surface area contributed by atoms with Crippen LogP contribution in [-0.2, 0) is 14.8 Å². The molecule has 6 nitrogen and oxygen atoms in total. The van der Waals surface area contributed by atoms with Crippen LogP contribution in [0.4, 0.5) is 0 Å². The maximum absolute atomic E-state index is 12.8. The third kappa shape index (κ3) is 4.00. The standard InChI is InChI=1S/C13H16BrCl2N3O3S/c1-8(13(17)20)18-2-4-19(5-3-18)23(21,22)12-10(15)6-9(14)7-11(12)16/h6-8H,2-5H2,1H3,(H2,17,20)/t8-/m1/s1. The van der Waals surface area contributed by atoms with E-state index in [1.165, 1.54) is 16.4 Å². The Kier molecular flexibility index (Phi) is 5.97. The highest BCUT2D eigenvalue weighted by atomic mass is 79.9. The Morgan fingerprint density at radius 1 is 1.22 bits per heavy atom. The normalized spacial score (nSPS) is 18.8. The molecule has 1 heterocycles. The number of primary amides is 1. The van der Waals surface area contributed by atoms with Gasteiger partial charge in [-0.3, -0.25) is 9.69 Å². The topological polar surface area (TPSA) is 83.7 Å². The van der Waals surface area contributed by atoms with Crippen LogP contribution < -0.4 is 5.73 Å². The molecule has 1 amide bonds. The van der Waals surface area contributed by atoms with E-state index in [1.807, 2.05) is 4.90 Å². The number of carbonyl (C=O) groups is 1. The van der Waals surface area contributed by atoms with Crippen LogP contribution in [0.1, 0.15) is 6.92 Å². The maximum atomic E-state index is 12.8. The second-order valence-corrected chi connectivity index (χ2v) is 8.82. The summed E-state index contributed by atoms with van der Waals surface area (Å²) >= 11 is 15.4. The minimum atomic E-state index is -3.80. The van der Waals surface area contributed by atoms with Crippen LogP contribution in [0.2, 0.25) is 10.0 Å². The molecule has 128 valence electrons. The van der Waals surface area contributed by atoms with Crippen LogP contribution in [-0.4, -0.2) is 55.8 Å². The van der Waals surface area contributed by atoms with Gasteiger partial charge in [0.2, 0.25) is 15.9 Å². The number of hydrogen-bond donors (Lipinski definition) is 1. The SMILES string of the molecule is C[C@H](C(N)=O)N1CCN(S(=O)(=O)c2c(Cl)cc(Br)cc2Cl)CC1. The van der Waals surface area contributed by atoms with E-state index in [0.29, 0.717) is 17.6 Å². The Morgan fingerprint density at radius 3 is 2.13 bits per heavy atom. The van der Waals surface area contributed by atoms with E-state index in [9.17, 15) is 13.2 Å². The molecule has 10 heteroatoms. The van der Waals surface area contributed by atoms with Crippen molar-refractivity contribution in [1.29, 1.82) is 0 Å². The predicted molar refractivity (Wildman–Crippen MR) is 93.2 cm³/mol. The van der Waals surface area contributed by atoms with Gasteiger partial charge in [0.25, 0.3) is 0 Å². The Labute approximate surface area is 153 Å². The highest BCUT2D eigenvalue weighted by molar-refractivity contribution is 9.10. The first-order valence-corrected chi connectivity index (χ1v) is 9.81. The number of carbonyl (C=O) groups excluding carboxylic acids is 1. The number of hydrogen-bond acceptors (Lipinski definition) is 4. The smallest absolute Gasteiger partial charge is 0.246 e. The van der Waals surface area contributed by atoms with E-state index < -0.39 is 22.0 Å². The molecule has 0 saturated carbocycles. The van der Waals surface area contributed by atoms with Crippen LogP contribution in [0, 0.1) is 0 Å². The Bertz CT molecular complexity index is 698. The van der Waals surface area contributed by atoms with Crippen molar-refractivity contribution in [2.45, 2.75) is 17.9 Å². The van der Waals surface area contributed by atoms with Crippen molar-refractivity contribution >= 4 is 55.1 Å². The molecule has 2 rings (SSSR count). The molecule has 2 N–H and O–H groups in total. The van der Waals surface area contributed by atoms with Gasteiger partial charge in [0.1, 0.15) is 4.90 Å². The van der Waals surface area contributed by atoms with Crippen LogP contribution >= 0.6 is 39.1 Å². The summed E-state index contributed by atoms with van der Waals surface area (Å²) in [6, 6.07) is 2.55. The first kappa shape index (κ1) is 19.0. The van der Waals surface area contributed by atoms with Crippen molar-refractivity contribution in [3.05, 3.63) is 26.7 Å². The predicted octanol–water partition coefficient (Wildman–Crippen LogP) is 1.94. The fraction of sp³-hybridized carbons (Fsp3) is 0.462. The van der Waals surface area contributed by atoms with Gasteiger partial charge in [-0.1, -0.05) is 39.1 Å². The lowest BCUT2D eigenvalue weighted by Crippen LogP contribution is -2.54. The van der Waals surface area contributed by atoms with E-state index >= 15 is 0 Å². The fourth-order valence-electron chi connectivity index (χ4n) is 2.42. The number of piperazine rings is 1. The average Bonchev–Trinajstić information content (AvgIpc) is 2.45. The Balaban J connectivity index is 2.22. The van der Waals surface area contributed by atoms with Crippen molar-refractivity contribution in [2.24, 2.45) is 5.73 Å². The molecule has 1 aromatic carbocycles. The Hall–Kier alpha value is -0.380. The van der Waals surface area contributed by atoms with Gasteiger partial charge in [0.05, 0.1) is 16.1 Å². The molecule has 0 spiro atoms. The molecule has 1 aliphatic rings. The molecule has 0 aliphatic carbocycles. The van der Waals surface area contributed by atoms with Gasteiger partial charge in [-0.2, -0.15) is 4.31 Å². The quantitative estimate of drug-likeness (QED) is 0.768. The monoisotopic (exact) mass is 443 g/mol. The van der Waals surface area contributed by atoms with Gasteiger partial charge in [-0.25, -0.2) is 8.42 Å². The minimum absolute atomic E-state index is 0.0670. The highest BCUT2D eigenvalue weighted by Crippen LogP contribution is 2.35. The molecule has 1 saturated heterocycles. The summed E-state index contributed by atoms with van der Waals surface area (Å²) in [5.41, 5.74) is 5.28. The molecule has 0 unspecified atom stereocenters. The number of benzene rings is 1. The summed E-state index contributed by atoms with van der Waals surface area (Å²) < 4.78 is 27.5. The molecular weight excluding hydrogens is 429 g/mol. The van der Waals surface area contributed by atoms with Crippen LogP contribution in [0.5, 0.6) is 0 Å². The van der Waals surface area contributed by atoms with Crippen LogP contribution in [0.3, 0.4) is 0 Å². The molecule has 1 fully saturated rings. The van der Waals surface area contributed by atoms with Crippen molar-refractivity contribution in [2.75, 3.05) is 26.2 Å². The third-order valence-corrected chi connectivity index (χ3v) is 7.07. The zero-order valence-electron chi connectivity index (χ0n) is 12.3. The molecule has 1 aromatic rings. The van der Waals surface area contributed by atoms with Crippen LogP contribution in [0.15, 0.2) is 21.5 Å². The molecule has 0 bridgehead atoms. The lowest BCUT2D eigenvalue weighted by atomic mass is 10.2. The second kappa shape index (κ2) is 7.25. The van der Waals surface area contributed by atoms with E-state index in [-0.39, 0.29) is 28.0 Å². The summed E-state index contributed by atoms with van der Waals surface area (Å²) in [4.78, 5) is 13.0. The highest BCUT2D eigenvalue weighted by Gasteiger charge is 2.33. The van der Waals surface area contributed by atoms with Gasteiger partial charge < -0.3 is 5.73 Å². The summed E-state index contributed by atoms with van der Waals surface area (Å²) in [5.74, 6) is -0.430. The second-order valence-electron chi connectivity index (χ2n) is 5.22. The van der Waals surface area contributed by atoms with E-state index in [4.69, 9.17) is 28.9 Å². The number of rotatable bonds is 4. The van der Waals surface area contributed by atoms with Gasteiger partial charge in [-0.15, -0.1) is 0 Å². The van der Waals surface area contributed by atoms with Crippen molar-refractivity contribution in [3.8, 4) is 0 Å². The van der Waals surface area contributed by atoms with Crippen molar-refractivity contribution in [1.82, 2.24) is 9.21 Å². The van der Waals surface area contributed by atoms with E-state index in [2.05, 4.69) is 15.9 Å². The van der Waals surface area contributed by atoms with Crippen molar-refractivity contribution < 1.29 is 13.2 Å². The van der Waals surface area contributed by atoms with Crippen molar-refractivity contribution in [3.63, 3.8) is 0 Å². The van der Waals surface area contributed by atoms with Gasteiger partial charge in [0.15, 0.2) is 0 Å². The number of amides is 1. The van der Waals surface area contributed by atoms with Gasteiger partial charge >= 0.3 is 0 Å². The average molecular weight is 445 g/mol. The number of sulfonamides is 1. The number of nitrogens with zero attached hydrogens (tertiary/aromatic N) is 2. The largest absolute Gasteiger partial charge is 0.368 e. The summed E-state index contributed by atoms with van der Waals surface area (Å²) in [5, 5.41) is 0.134. The fourth-order valence-corrected chi connectivity index (χ4v) is 5.72. The molecule has 0 aromatic heterocycles. The zero-order valence-corrected chi connectivity index (χ0v) is 16.2. The molecular formula is C13H16BrCl2N3O3S. The zero-order chi connectivity index (χ0) is 17.4. The lowest BCUT2D eigenvalue weighted by molar-refractivity contribution is -0.123. The molecule has 0 radical (unpaired) electrons. The Morgan fingerprint density at radius 2 is 1.70 bits per heavy atom. The van der Waals surface area contributed by atoms with E-state index in [0.717, 1.165) is 0 Å². The minimum Gasteiger partial charge on any atom is -0.368 e. The third-order valence-electron chi connectivity index (χ3n) is 3.79. The summed E-state index contributed by atoms with van der Waals surface area (Å²) in [6.45, 7) is 3.00. The lowest BCUT2D eigenvalue weighted by Gasteiger charge is -2.36. The summed E-state index contributed by atoms with van der Waals surface area (Å²) in [7, 11) is -3.80. The number of halogens is 3. The molecule has 23 heavy (non-hydrogen) atoms. The molecule has 1 aliphatic heterocycles. The van der Waals surface area contributed by atoms with Crippen LogP contribution in [0.25, 0.3) is 0 Å².